The third-order valence-electron chi connectivity index (χ3n) is 10.1. The van der Waals surface area contributed by atoms with Crippen LogP contribution in [0.2, 0.25) is 0 Å². The van der Waals surface area contributed by atoms with Crippen molar-refractivity contribution in [2.24, 2.45) is 22.1 Å². The van der Waals surface area contributed by atoms with E-state index in [1.54, 1.807) is 6.08 Å². The fourth-order valence-corrected chi connectivity index (χ4v) is 7.48. The molecule has 0 aromatic heterocycles. The Labute approximate surface area is 290 Å². The van der Waals surface area contributed by atoms with Gasteiger partial charge in [0.05, 0.1) is 0 Å². The van der Waals surface area contributed by atoms with Crippen LogP contribution in [0.1, 0.15) is 42.4 Å². The summed E-state index contributed by atoms with van der Waals surface area (Å²) in [7, 11) is 0. The number of amidine groups is 1. The maximum absolute atomic E-state index is 6.58. The summed E-state index contributed by atoms with van der Waals surface area (Å²) in [5, 5.41) is 8.84. The molecule has 4 aliphatic rings. The third-order valence-corrected chi connectivity index (χ3v) is 10.1. The van der Waals surface area contributed by atoms with Crippen LogP contribution in [0.5, 0.6) is 0 Å². The molecule has 3 heteroatoms. The number of fused-ring (bicyclic) bond motifs is 2. The van der Waals surface area contributed by atoms with Gasteiger partial charge >= 0.3 is 0 Å². The van der Waals surface area contributed by atoms with Gasteiger partial charge in [-0.3, -0.25) is 0 Å². The van der Waals surface area contributed by atoms with Crippen LogP contribution < -0.4 is 21.5 Å². The molecule has 49 heavy (non-hydrogen) atoms. The molecule has 3 aromatic rings. The minimum absolute atomic E-state index is 0.0348. The number of nitrogens with two attached hydrogens (primary N) is 1. The molecule has 3 nitrogen and oxygen atoms in total. The van der Waals surface area contributed by atoms with E-state index in [1.807, 2.05) is 24.3 Å². The van der Waals surface area contributed by atoms with E-state index in [1.165, 1.54) is 54.6 Å². The maximum atomic E-state index is 6.58. The molecule has 1 spiro atoms. The maximum Gasteiger partial charge on any atom is 0.122 e. The fourth-order valence-electron chi connectivity index (χ4n) is 7.48. The summed E-state index contributed by atoms with van der Waals surface area (Å²) >= 11 is 0. The Morgan fingerprint density at radius 2 is 1.73 bits per heavy atom. The number of nitrogens with one attached hydrogen (secondary N) is 1. The number of hydrogen-bond acceptors (Lipinski definition) is 2. The van der Waals surface area contributed by atoms with E-state index >= 15 is 0 Å². The molecule has 0 radical (unpaired) electrons. The molecule has 0 saturated heterocycles. The van der Waals surface area contributed by atoms with Crippen molar-refractivity contribution in [3.63, 3.8) is 0 Å². The largest absolute Gasteiger partial charge is 0.367 e. The zero-order valence-corrected chi connectivity index (χ0v) is 28.4. The van der Waals surface area contributed by atoms with E-state index in [2.05, 4.69) is 140 Å². The lowest BCUT2D eigenvalue weighted by Gasteiger charge is -2.28. The Kier molecular flexibility index (Phi) is 9.54. The molecule has 3 aromatic carbocycles. The lowest BCUT2D eigenvalue weighted by molar-refractivity contribution is 0.519. The third kappa shape index (κ3) is 6.99. The SMILES string of the molecule is C=C\C=C/C=C/C(=N/C(N)C1C=CC=CC1)NCC1=c2ccc(C)cc2=C(c2ccc3ccc(C4=CC=CC45C=CC=CC5)cc3c2)CC1. The van der Waals surface area contributed by atoms with Crippen LogP contribution in [0.25, 0.3) is 27.5 Å². The summed E-state index contributed by atoms with van der Waals surface area (Å²) in [4.78, 5) is 4.93. The number of rotatable bonds is 9. The highest BCUT2D eigenvalue weighted by atomic mass is 15.1. The minimum Gasteiger partial charge on any atom is -0.367 e. The zero-order chi connectivity index (χ0) is 33.6. The van der Waals surface area contributed by atoms with Gasteiger partial charge in [-0.25, -0.2) is 4.99 Å². The smallest absolute Gasteiger partial charge is 0.122 e. The van der Waals surface area contributed by atoms with E-state index in [9.17, 15) is 0 Å². The van der Waals surface area contributed by atoms with Crippen molar-refractivity contribution in [2.75, 3.05) is 6.54 Å². The number of nitrogens with zero attached hydrogens (tertiary/aromatic N) is 1. The van der Waals surface area contributed by atoms with E-state index in [0.29, 0.717) is 6.54 Å². The first-order valence-electron chi connectivity index (χ1n) is 17.5. The van der Waals surface area contributed by atoms with Gasteiger partial charge in [0.15, 0.2) is 0 Å². The Balaban J connectivity index is 1.22. The molecule has 0 heterocycles. The van der Waals surface area contributed by atoms with E-state index in [-0.39, 0.29) is 17.5 Å². The Morgan fingerprint density at radius 1 is 0.898 bits per heavy atom. The predicted octanol–water partition coefficient (Wildman–Crippen LogP) is 8.45. The lowest BCUT2D eigenvalue weighted by Crippen LogP contribution is -2.37. The van der Waals surface area contributed by atoms with Gasteiger partial charge in [0, 0.05) is 17.9 Å². The van der Waals surface area contributed by atoms with E-state index in [0.717, 1.165) is 31.5 Å². The minimum atomic E-state index is -0.320. The van der Waals surface area contributed by atoms with E-state index in [4.69, 9.17) is 10.7 Å². The molecule has 0 bridgehead atoms. The number of aliphatic imine (C=N–C) groups is 1. The lowest BCUT2D eigenvalue weighted by atomic mass is 9.74. The van der Waals surface area contributed by atoms with Gasteiger partial charge in [0.2, 0.25) is 0 Å². The van der Waals surface area contributed by atoms with Crippen molar-refractivity contribution in [3.8, 4) is 0 Å². The summed E-state index contributed by atoms with van der Waals surface area (Å²) in [5.41, 5.74) is 14.6. The topological polar surface area (TPSA) is 50.4 Å². The molecular weight excluding hydrogens is 595 g/mol. The monoisotopic (exact) mass is 639 g/mol. The molecule has 0 amide bonds. The molecule has 0 aliphatic heterocycles. The van der Waals surface area contributed by atoms with Gasteiger partial charge in [-0.05, 0) is 99.9 Å². The van der Waals surface area contributed by atoms with Crippen LogP contribution in [-0.2, 0) is 0 Å². The first-order chi connectivity index (χ1) is 24.0. The number of aryl methyl sites for hydroxylation is 1. The number of benzene rings is 3. The van der Waals surface area contributed by atoms with Crippen LogP contribution >= 0.6 is 0 Å². The van der Waals surface area contributed by atoms with Gasteiger partial charge in [-0.2, -0.15) is 0 Å². The van der Waals surface area contributed by atoms with Crippen molar-refractivity contribution in [3.05, 3.63) is 186 Å². The molecule has 3 atom stereocenters. The highest BCUT2D eigenvalue weighted by Gasteiger charge is 2.32. The molecule has 7 rings (SSSR count). The summed E-state index contributed by atoms with van der Waals surface area (Å²) in [6.45, 7) is 6.67. The van der Waals surface area contributed by atoms with Crippen molar-refractivity contribution in [2.45, 2.75) is 38.8 Å². The normalized spacial score (nSPS) is 22.1. The van der Waals surface area contributed by atoms with Crippen LogP contribution in [0.3, 0.4) is 0 Å². The number of hydrogen-bond donors (Lipinski definition) is 2. The average Bonchev–Trinajstić information content (AvgIpc) is 3.54. The van der Waals surface area contributed by atoms with Gasteiger partial charge in [-0.1, -0.05) is 146 Å². The van der Waals surface area contributed by atoms with Crippen LogP contribution in [-0.4, -0.2) is 18.5 Å². The predicted molar refractivity (Wildman–Crippen MR) is 210 cm³/mol. The Morgan fingerprint density at radius 3 is 2.55 bits per heavy atom. The summed E-state index contributed by atoms with van der Waals surface area (Å²) in [5.74, 6) is 0.980. The zero-order valence-electron chi connectivity index (χ0n) is 28.4. The average molecular weight is 640 g/mol. The second-order valence-electron chi connectivity index (χ2n) is 13.4. The van der Waals surface area contributed by atoms with Crippen LogP contribution in [0.4, 0.5) is 0 Å². The summed E-state index contributed by atoms with van der Waals surface area (Å²) in [6, 6.07) is 20.8. The van der Waals surface area contributed by atoms with Gasteiger partial charge in [-0.15, -0.1) is 0 Å². The molecule has 244 valence electrons. The van der Waals surface area contributed by atoms with Crippen LogP contribution in [0, 0.1) is 18.3 Å². The molecular formula is C46H45N3. The van der Waals surface area contributed by atoms with E-state index < -0.39 is 0 Å². The van der Waals surface area contributed by atoms with Crippen molar-refractivity contribution in [1.82, 2.24) is 5.32 Å². The Bertz CT molecular complexity index is 2180. The molecule has 0 saturated carbocycles. The van der Waals surface area contributed by atoms with Crippen molar-refractivity contribution in [1.29, 1.82) is 0 Å². The second kappa shape index (κ2) is 14.5. The second-order valence-corrected chi connectivity index (χ2v) is 13.4. The quantitative estimate of drug-likeness (QED) is 0.140. The van der Waals surface area contributed by atoms with Crippen LogP contribution in [0.15, 0.2) is 163 Å². The molecule has 4 aliphatic carbocycles. The first-order valence-corrected chi connectivity index (χ1v) is 17.5. The first kappa shape index (κ1) is 32.3. The number of allylic oxidation sites excluding steroid dienone is 15. The van der Waals surface area contributed by atoms with Gasteiger partial charge in [0.1, 0.15) is 12.0 Å². The molecule has 3 unspecified atom stereocenters. The highest BCUT2D eigenvalue weighted by Crippen LogP contribution is 2.46. The fraction of sp³-hybridized carbons (Fsp3) is 0.196. The highest BCUT2D eigenvalue weighted by molar-refractivity contribution is 5.94. The standard InChI is InChI=1S/C46H45N3/c1-3-4-5-10-17-44(49-45(47)35-14-8-6-9-15-35)48-32-38-23-25-40(42-29-33(2)18-24-41(38)42)36-21-19-34-20-22-37(31-39(34)30-36)43-16-13-28-46(43)26-11-7-12-27-46/h3-14,16-22,24,26,28-31,35,45H,1,15,23,25,27,32,47H2,2H3,(H,48,49)/b5-4-,17-10+. The molecule has 0 fully saturated rings. The summed E-state index contributed by atoms with van der Waals surface area (Å²) in [6.07, 6.45) is 37.4. The van der Waals surface area contributed by atoms with Gasteiger partial charge in [0.25, 0.3) is 0 Å². The van der Waals surface area contributed by atoms with Gasteiger partial charge < -0.3 is 11.1 Å². The van der Waals surface area contributed by atoms with Crippen molar-refractivity contribution >= 4 is 33.3 Å². The summed E-state index contributed by atoms with van der Waals surface area (Å²) < 4.78 is 0. The Hall–Kier alpha value is -5.25. The molecule has 3 N–H and O–H groups in total. The van der Waals surface area contributed by atoms with Crippen molar-refractivity contribution < 1.29 is 0 Å².